The summed E-state index contributed by atoms with van der Waals surface area (Å²) in [7, 11) is 0. The first-order valence-electron chi connectivity index (χ1n) is 9.42. The predicted molar refractivity (Wildman–Crippen MR) is 104 cm³/mol. The van der Waals surface area contributed by atoms with Gasteiger partial charge in [0.2, 0.25) is 5.91 Å². The largest absolute Gasteiger partial charge is 0.462 e. The molecule has 8 nitrogen and oxygen atoms in total. The number of hydrogen-bond acceptors (Lipinski definition) is 6. The lowest BCUT2D eigenvalue weighted by atomic mass is 9.79. The summed E-state index contributed by atoms with van der Waals surface area (Å²) in [6.07, 6.45) is 2.70. The van der Waals surface area contributed by atoms with Gasteiger partial charge in [-0.15, -0.1) is 0 Å². The number of carbonyl (C=O) groups is 2. The van der Waals surface area contributed by atoms with E-state index in [0.29, 0.717) is 49.6 Å². The Morgan fingerprint density at radius 3 is 2.79 bits per heavy atom. The van der Waals surface area contributed by atoms with Crippen molar-refractivity contribution in [3.05, 3.63) is 41.7 Å². The van der Waals surface area contributed by atoms with Crippen molar-refractivity contribution >= 4 is 17.6 Å². The Bertz CT molecular complexity index is 856. The van der Waals surface area contributed by atoms with Crippen LogP contribution in [0.4, 0.5) is 5.69 Å². The number of aromatic nitrogens is 2. The van der Waals surface area contributed by atoms with Crippen LogP contribution in [-0.2, 0) is 14.3 Å². The molecule has 1 aliphatic rings. The van der Waals surface area contributed by atoms with Crippen LogP contribution in [0, 0.1) is 12.3 Å². The van der Waals surface area contributed by atoms with Crippen molar-refractivity contribution < 1.29 is 19.1 Å². The summed E-state index contributed by atoms with van der Waals surface area (Å²) in [6, 6.07) is 7.32. The van der Waals surface area contributed by atoms with Crippen LogP contribution in [0.1, 0.15) is 35.8 Å². The average Bonchev–Trinajstić information content (AvgIpc) is 3.10. The number of anilines is 1. The fraction of sp³-hybridized carbons (Fsp3) is 0.450. The van der Waals surface area contributed by atoms with Crippen LogP contribution in [0.5, 0.6) is 0 Å². The van der Waals surface area contributed by atoms with Gasteiger partial charge in [0, 0.05) is 25.4 Å². The number of hydrogen-bond donors (Lipinski definition) is 2. The fourth-order valence-electron chi connectivity index (χ4n) is 3.34. The lowest BCUT2D eigenvalue weighted by Gasteiger charge is -2.34. The van der Waals surface area contributed by atoms with Crippen LogP contribution < -0.4 is 11.1 Å². The lowest BCUT2D eigenvalue weighted by molar-refractivity contribution is -0.130. The lowest BCUT2D eigenvalue weighted by Crippen LogP contribution is -2.46. The van der Waals surface area contributed by atoms with E-state index in [1.807, 2.05) is 24.3 Å². The molecule has 0 unspecified atom stereocenters. The monoisotopic (exact) mass is 386 g/mol. The number of rotatable bonds is 6. The first-order valence-corrected chi connectivity index (χ1v) is 9.42. The molecule has 2 heterocycles. The van der Waals surface area contributed by atoms with Crippen molar-refractivity contribution in [2.45, 2.75) is 26.7 Å². The van der Waals surface area contributed by atoms with Gasteiger partial charge in [-0.25, -0.2) is 9.48 Å². The van der Waals surface area contributed by atoms with E-state index in [4.69, 9.17) is 15.2 Å². The third-order valence-electron chi connectivity index (χ3n) is 5.18. The van der Waals surface area contributed by atoms with Gasteiger partial charge < -0.3 is 20.5 Å². The van der Waals surface area contributed by atoms with Crippen molar-refractivity contribution in [2.75, 3.05) is 31.7 Å². The molecule has 3 rings (SSSR count). The van der Waals surface area contributed by atoms with Gasteiger partial charge in [0.1, 0.15) is 5.56 Å². The number of nitrogens with two attached hydrogens (primary N) is 1. The average molecular weight is 386 g/mol. The summed E-state index contributed by atoms with van der Waals surface area (Å²) in [5, 5.41) is 7.27. The zero-order valence-electron chi connectivity index (χ0n) is 16.2. The topological polar surface area (TPSA) is 108 Å². The Morgan fingerprint density at radius 1 is 1.36 bits per heavy atom. The number of amides is 1. The number of carbonyl (C=O) groups excluding carboxylic acids is 2. The van der Waals surface area contributed by atoms with Crippen molar-refractivity contribution in [1.82, 2.24) is 9.78 Å². The van der Waals surface area contributed by atoms with Gasteiger partial charge in [-0.05, 0) is 44.9 Å². The summed E-state index contributed by atoms with van der Waals surface area (Å²) in [5.41, 5.74) is 7.78. The number of ether oxygens (including phenoxy) is 2. The zero-order chi connectivity index (χ0) is 20.1. The Balaban J connectivity index is 1.81. The first-order chi connectivity index (χ1) is 13.5. The Hall–Kier alpha value is -2.71. The molecule has 0 radical (unpaired) electrons. The quantitative estimate of drug-likeness (QED) is 0.736. The predicted octanol–water partition coefficient (Wildman–Crippen LogP) is 2.05. The molecular weight excluding hydrogens is 360 g/mol. The number of esters is 1. The molecule has 1 fully saturated rings. The normalized spacial score (nSPS) is 15.8. The van der Waals surface area contributed by atoms with Gasteiger partial charge in [-0.3, -0.25) is 4.79 Å². The second-order valence-corrected chi connectivity index (χ2v) is 6.88. The van der Waals surface area contributed by atoms with Crippen molar-refractivity contribution in [1.29, 1.82) is 0 Å². The highest BCUT2D eigenvalue weighted by atomic mass is 16.5. The van der Waals surface area contributed by atoms with Crippen molar-refractivity contribution in [2.24, 2.45) is 11.1 Å². The van der Waals surface area contributed by atoms with E-state index >= 15 is 0 Å². The van der Waals surface area contributed by atoms with Gasteiger partial charge in [0.25, 0.3) is 0 Å². The zero-order valence-corrected chi connectivity index (χ0v) is 16.2. The van der Waals surface area contributed by atoms with Crippen LogP contribution in [0.2, 0.25) is 0 Å². The summed E-state index contributed by atoms with van der Waals surface area (Å²) in [4.78, 5) is 24.9. The van der Waals surface area contributed by atoms with Crippen LogP contribution >= 0.6 is 0 Å². The van der Waals surface area contributed by atoms with Crippen LogP contribution in [0.25, 0.3) is 5.69 Å². The van der Waals surface area contributed by atoms with Gasteiger partial charge in [0.05, 0.1) is 29.6 Å². The van der Waals surface area contributed by atoms with Crippen molar-refractivity contribution in [3.63, 3.8) is 0 Å². The van der Waals surface area contributed by atoms with Crippen LogP contribution in [0.15, 0.2) is 30.5 Å². The van der Waals surface area contributed by atoms with Crippen molar-refractivity contribution in [3.8, 4) is 5.69 Å². The maximum Gasteiger partial charge on any atom is 0.341 e. The molecule has 28 heavy (non-hydrogen) atoms. The summed E-state index contributed by atoms with van der Waals surface area (Å²) < 4.78 is 12.1. The number of benzene rings is 1. The summed E-state index contributed by atoms with van der Waals surface area (Å²) >= 11 is 0. The smallest absolute Gasteiger partial charge is 0.341 e. The van der Waals surface area contributed by atoms with Gasteiger partial charge >= 0.3 is 5.97 Å². The van der Waals surface area contributed by atoms with E-state index < -0.39 is 11.4 Å². The molecule has 1 aliphatic heterocycles. The van der Waals surface area contributed by atoms with E-state index in [2.05, 4.69) is 10.4 Å². The number of nitrogens with one attached hydrogen (secondary N) is 1. The second kappa shape index (κ2) is 8.53. The van der Waals surface area contributed by atoms with Crippen LogP contribution in [-0.4, -0.2) is 48.0 Å². The SMILES string of the molecule is CCOC(=O)c1cnn(-c2cccc(NC(=O)C3(CN)CCOCC3)c2)c1C. The maximum atomic E-state index is 12.9. The molecule has 1 amide bonds. The Morgan fingerprint density at radius 2 is 2.11 bits per heavy atom. The maximum absolute atomic E-state index is 12.9. The minimum atomic E-state index is -0.604. The van der Waals surface area contributed by atoms with E-state index in [-0.39, 0.29) is 12.5 Å². The fourth-order valence-corrected chi connectivity index (χ4v) is 3.34. The molecule has 0 spiro atoms. The third kappa shape index (κ3) is 3.93. The van der Waals surface area contributed by atoms with Gasteiger partial charge in [-0.1, -0.05) is 6.07 Å². The van der Waals surface area contributed by atoms with E-state index in [0.717, 1.165) is 5.69 Å². The molecule has 0 aliphatic carbocycles. The van der Waals surface area contributed by atoms with E-state index in [9.17, 15) is 9.59 Å². The molecule has 150 valence electrons. The molecule has 0 saturated carbocycles. The van der Waals surface area contributed by atoms with Gasteiger partial charge in [0.15, 0.2) is 0 Å². The minimum Gasteiger partial charge on any atom is -0.462 e. The molecule has 3 N–H and O–H groups in total. The van der Waals surface area contributed by atoms with E-state index in [1.165, 1.54) is 6.20 Å². The highest BCUT2D eigenvalue weighted by Gasteiger charge is 2.38. The molecule has 8 heteroatoms. The highest BCUT2D eigenvalue weighted by molar-refractivity contribution is 5.96. The first kappa shape index (κ1) is 20.0. The molecule has 1 aromatic heterocycles. The van der Waals surface area contributed by atoms with Crippen LogP contribution in [0.3, 0.4) is 0 Å². The molecule has 2 aromatic rings. The number of nitrogens with zero attached hydrogens (tertiary/aromatic N) is 2. The Kier molecular flexibility index (Phi) is 6.11. The second-order valence-electron chi connectivity index (χ2n) is 6.88. The molecule has 1 aromatic carbocycles. The van der Waals surface area contributed by atoms with E-state index in [1.54, 1.807) is 18.5 Å². The highest BCUT2D eigenvalue weighted by Crippen LogP contribution is 2.31. The molecular formula is C20H26N4O4. The Labute approximate surface area is 164 Å². The summed E-state index contributed by atoms with van der Waals surface area (Å²) in [6.45, 7) is 5.22. The third-order valence-corrected chi connectivity index (χ3v) is 5.18. The molecule has 0 bridgehead atoms. The minimum absolute atomic E-state index is 0.0974. The standard InChI is InChI=1S/C20H26N4O4/c1-3-28-18(25)17-12-22-24(14(17)2)16-6-4-5-15(11-16)23-19(26)20(13-21)7-9-27-10-8-20/h4-6,11-12H,3,7-10,13,21H2,1-2H3,(H,23,26). The molecule has 1 saturated heterocycles. The summed E-state index contributed by atoms with van der Waals surface area (Å²) in [5.74, 6) is -0.500. The molecule has 0 atom stereocenters. The van der Waals surface area contributed by atoms with Gasteiger partial charge in [-0.2, -0.15) is 5.10 Å².